The Morgan fingerprint density at radius 3 is 2.44 bits per heavy atom. The lowest BCUT2D eigenvalue weighted by atomic mass is 10.0. The second kappa shape index (κ2) is 5.99. The fourth-order valence-electron chi connectivity index (χ4n) is 2.44. The van der Waals surface area contributed by atoms with Crippen LogP contribution in [0.2, 0.25) is 0 Å². The minimum absolute atomic E-state index is 0.305. The molecule has 2 rings (SSSR count). The number of piperidine rings is 1. The predicted molar refractivity (Wildman–Crippen MR) is 75.2 cm³/mol. The van der Waals surface area contributed by atoms with Gasteiger partial charge in [0.25, 0.3) is 0 Å². The molecule has 4 nitrogen and oxygen atoms in total. The molecule has 2 fully saturated rings. The first-order chi connectivity index (χ1) is 8.69. The largest absolute Gasteiger partial charge is 0.358 e. The van der Waals surface area contributed by atoms with Gasteiger partial charge in [0.2, 0.25) is 0 Å². The highest BCUT2D eigenvalue weighted by atomic mass is 32.1. The van der Waals surface area contributed by atoms with Crippen LogP contribution in [-0.4, -0.2) is 42.0 Å². The Bertz CT molecular complexity index is 328. The van der Waals surface area contributed by atoms with Gasteiger partial charge >= 0.3 is 0 Å². The molecule has 5 heteroatoms. The Morgan fingerprint density at radius 2 is 1.94 bits per heavy atom. The van der Waals surface area contributed by atoms with Crippen LogP contribution in [0.25, 0.3) is 0 Å². The molecular weight excluding hydrogens is 248 g/mol. The first-order valence-electron chi connectivity index (χ1n) is 6.68. The third-order valence-corrected chi connectivity index (χ3v) is 3.93. The van der Waals surface area contributed by atoms with Gasteiger partial charge in [0.05, 0.1) is 18.2 Å². The van der Waals surface area contributed by atoms with Crippen LogP contribution in [0.3, 0.4) is 0 Å². The molecule has 0 aliphatic carbocycles. The van der Waals surface area contributed by atoms with Gasteiger partial charge in [0, 0.05) is 25.9 Å². The number of likely N-dealkylation sites (tertiary alicyclic amines) is 1. The molecule has 0 aromatic carbocycles. The van der Waals surface area contributed by atoms with Crippen molar-refractivity contribution in [3.63, 3.8) is 0 Å². The summed E-state index contributed by atoms with van der Waals surface area (Å²) in [5.74, 6) is 0.801. The lowest BCUT2D eigenvalue weighted by Gasteiger charge is -2.39. The molecule has 0 aromatic rings. The molecule has 0 saturated carbocycles. The number of nitrogens with zero attached hydrogens (tertiary/aromatic N) is 1. The molecule has 2 saturated heterocycles. The zero-order valence-corrected chi connectivity index (χ0v) is 12.0. The van der Waals surface area contributed by atoms with Crippen molar-refractivity contribution in [2.75, 3.05) is 26.3 Å². The summed E-state index contributed by atoms with van der Waals surface area (Å²) in [4.78, 5) is 3.20. The van der Waals surface area contributed by atoms with Crippen LogP contribution < -0.4 is 5.32 Å². The SMILES string of the molecule is C/C=C(\NC(=S)CC)N1CCC2(CC1)OCCO2. The summed E-state index contributed by atoms with van der Waals surface area (Å²) < 4.78 is 11.5. The molecule has 18 heavy (non-hydrogen) atoms. The third kappa shape index (κ3) is 3.02. The number of nitrogens with one attached hydrogen (secondary N) is 1. The van der Waals surface area contributed by atoms with Gasteiger partial charge in [-0.15, -0.1) is 0 Å². The number of allylic oxidation sites excluding steroid dienone is 1. The lowest BCUT2D eigenvalue weighted by molar-refractivity contribution is -0.182. The van der Waals surface area contributed by atoms with E-state index in [-0.39, 0.29) is 5.79 Å². The summed E-state index contributed by atoms with van der Waals surface area (Å²) in [7, 11) is 0. The van der Waals surface area contributed by atoms with E-state index < -0.39 is 0 Å². The van der Waals surface area contributed by atoms with Gasteiger partial charge in [0.15, 0.2) is 5.79 Å². The van der Waals surface area contributed by atoms with Gasteiger partial charge in [-0.05, 0) is 19.4 Å². The molecule has 2 aliphatic rings. The Hall–Kier alpha value is -0.650. The van der Waals surface area contributed by atoms with Gasteiger partial charge in [-0.3, -0.25) is 0 Å². The van der Waals surface area contributed by atoms with Crippen LogP contribution in [0, 0.1) is 0 Å². The van der Waals surface area contributed by atoms with Gasteiger partial charge in [-0.25, -0.2) is 0 Å². The van der Waals surface area contributed by atoms with Crippen LogP contribution in [0.1, 0.15) is 33.1 Å². The average Bonchev–Trinajstić information content (AvgIpc) is 2.85. The molecule has 0 aromatic heterocycles. The molecule has 1 spiro atoms. The maximum absolute atomic E-state index is 5.73. The number of hydrogen-bond acceptors (Lipinski definition) is 4. The Kier molecular flexibility index (Phi) is 4.59. The molecule has 0 unspecified atom stereocenters. The number of thiocarbonyl (C=S) groups is 1. The number of rotatable bonds is 3. The summed E-state index contributed by atoms with van der Waals surface area (Å²) >= 11 is 5.24. The van der Waals surface area contributed by atoms with Crippen LogP contribution in [0.4, 0.5) is 0 Å². The van der Waals surface area contributed by atoms with Crippen molar-refractivity contribution in [2.24, 2.45) is 0 Å². The molecule has 1 N–H and O–H groups in total. The second-order valence-electron chi connectivity index (χ2n) is 4.67. The predicted octanol–water partition coefficient (Wildman–Crippen LogP) is 2.01. The highest BCUT2D eigenvalue weighted by Crippen LogP contribution is 2.32. The topological polar surface area (TPSA) is 33.7 Å². The summed E-state index contributed by atoms with van der Waals surface area (Å²) in [5.41, 5.74) is 0. The van der Waals surface area contributed by atoms with E-state index >= 15 is 0 Å². The van der Waals surface area contributed by atoms with Gasteiger partial charge < -0.3 is 19.7 Å². The lowest BCUT2D eigenvalue weighted by Crippen LogP contribution is -2.47. The summed E-state index contributed by atoms with van der Waals surface area (Å²) in [6.45, 7) is 7.45. The Morgan fingerprint density at radius 1 is 1.33 bits per heavy atom. The van der Waals surface area contributed by atoms with Gasteiger partial charge in [-0.2, -0.15) is 0 Å². The van der Waals surface area contributed by atoms with Crippen molar-refractivity contribution in [2.45, 2.75) is 38.9 Å². The zero-order valence-electron chi connectivity index (χ0n) is 11.2. The highest BCUT2D eigenvalue weighted by Gasteiger charge is 2.40. The maximum atomic E-state index is 5.73. The first kappa shape index (κ1) is 13.8. The molecule has 102 valence electrons. The molecule has 0 bridgehead atoms. The van der Waals surface area contributed by atoms with E-state index in [1.807, 2.05) is 6.92 Å². The molecular formula is C13H22N2O2S. The summed E-state index contributed by atoms with van der Waals surface area (Å²) in [6, 6.07) is 0. The van der Waals surface area contributed by atoms with Crippen molar-refractivity contribution in [1.29, 1.82) is 0 Å². The smallest absolute Gasteiger partial charge is 0.171 e. The Balaban J connectivity index is 1.89. The van der Waals surface area contributed by atoms with Crippen LogP contribution in [0.5, 0.6) is 0 Å². The number of hydrogen-bond donors (Lipinski definition) is 1. The van der Waals surface area contributed by atoms with Crippen LogP contribution >= 0.6 is 12.2 Å². The van der Waals surface area contributed by atoms with Gasteiger partial charge in [-0.1, -0.05) is 19.1 Å². The van der Waals surface area contributed by atoms with Crippen molar-refractivity contribution >= 4 is 17.2 Å². The molecule has 0 radical (unpaired) electrons. The quantitative estimate of drug-likeness (QED) is 0.794. The normalized spacial score (nSPS) is 23.4. The highest BCUT2D eigenvalue weighted by molar-refractivity contribution is 7.80. The summed E-state index contributed by atoms with van der Waals surface area (Å²) in [5, 5.41) is 3.30. The maximum Gasteiger partial charge on any atom is 0.171 e. The minimum atomic E-state index is -0.305. The van der Waals surface area contributed by atoms with Crippen LogP contribution in [-0.2, 0) is 9.47 Å². The van der Waals surface area contributed by atoms with Gasteiger partial charge in [0.1, 0.15) is 5.82 Å². The van der Waals surface area contributed by atoms with Crippen molar-refractivity contribution in [3.05, 3.63) is 11.9 Å². The fraction of sp³-hybridized carbons (Fsp3) is 0.769. The summed E-state index contributed by atoms with van der Waals surface area (Å²) in [6.07, 6.45) is 4.79. The first-order valence-corrected chi connectivity index (χ1v) is 7.09. The van der Waals surface area contributed by atoms with E-state index in [0.29, 0.717) is 0 Å². The standard InChI is InChI=1S/C13H22N2O2S/c1-3-11(14-12(18)4-2)15-7-5-13(6-8-15)16-9-10-17-13/h3H,4-10H2,1-2H3,(H,14,18)/b11-3+. The average molecular weight is 270 g/mol. The molecule has 0 atom stereocenters. The van der Waals surface area contributed by atoms with E-state index in [1.165, 1.54) is 0 Å². The van der Waals surface area contributed by atoms with E-state index in [2.05, 4.69) is 23.2 Å². The fourth-order valence-corrected chi connectivity index (χ4v) is 2.54. The van der Waals surface area contributed by atoms with Crippen molar-refractivity contribution in [3.8, 4) is 0 Å². The molecule has 2 heterocycles. The second-order valence-corrected chi connectivity index (χ2v) is 5.16. The van der Waals surface area contributed by atoms with Crippen molar-refractivity contribution in [1.82, 2.24) is 10.2 Å². The third-order valence-electron chi connectivity index (χ3n) is 3.54. The Labute approximate surface area is 114 Å². The molecule has 0 amide bonds. The van der Waals surface area contributed by atoms with E-state index in [0.717, 1.165) is 56.4 Å². The number of ether oxygens (including phenoxy) is 2. The van der Waals surface area contributed by atoms with E-state index in [9.17, 15) is 0 Å². The monoisotopic (exact) mass is 270 g/mol. The van der Waals surface area contributed by atoms with E-state index in [4.69, 9.17) is 21.7 Å². The van der Waals surface area contributed by atoms with E-state index in [1.54, 1.807) is 0 Å². The zero-order chi connectivity index (χ0) is 13.0. The van der Waals surface area contributed by atoms with Crippen molar-refractivity contribution < 1.29 is 9.47 Å². The minimum Gasteiger partial charge on any atom is -0.358 e. The van der Waals surface area contributed by atoms with Crippen LogP contribution in [0.15, 0.2) is 11.9 Å². The molecule has 2 aliphatic heterocycles.